The third-order valence-corrected chi connectivity index (χ3v) is 2.49. The SMILES string of the molecule is NC(N)=N/N=C\c1cc(Cl)c2c(c1)OCCCO2. The van der Waals surface area contributed by atoms with Crippen LogP contribution in [0.2, 0.25) is 5.02 Å². The van der Waals surface area contributed by atoms with Crippen LogP contribution < -0.4 is 20.9 Å². The number of nitrogens with two attached hydrogens (primary N) is 2. The average Bonchev–Trinajstić information content (AvgIpc) is 2.54. The van der Waals surface area contributed by atoms with Crippen molar-refractivity contribution in [2.45, 2.75) is 6.42 Å². The molecule has 18 heavy (non-hydrogen) atoms. The van der Waals surface area contributed by atoms with Crippen molar-refractivity contribution in [3.05, 3.63) is 22.7 Å². The lowest BCUT2D eigenvalue weighted by Gasteiger charge is -2.09. The van der Waals surface area contributed by atoms with Crippen LogP contribution in [-0.4, -0.2) is 25.4 Å². The Balaban J connectivity index is 2.29. The van der Waals surface area contributed by atoms with E-state index in [4.69, 9.17) is 32.5 Å². The number of halogens is 1. The molecular weight excluding hydrogens is 256 g/mol. The molecule has 2 rings (SSSR count). The van der Waals surface area contributed by atoms with Gasteiger partial charge in [0.05, 0.1) is 24.5 Å². The van der Waals surface area contributed by atoms with E-state index in [1.165, 1.54) is 6.21 Å². The minimum atomic E-state index is -0.105. The molecule has 0 atom stereocenters. The number of guanidine groups is 1. The van der Waals surface area contributed by atoms with Gasteiger partial charge in [-0.25, -0.2) is 0 Å². The normalized spacial score (nSPS) is 14.3. The minimum Gasteiger partial charge on any atom is -0.489 e. The fourth-order valence-corrected chi connectivity index (χ4v) is 1.76. The molecule has 0 saturated heterocycles. The first-order chi connectivity index (χ1) is 8.66. The maximum absolute atomic E-state index is 6.11. The molecule has 0 bridgehead atoms. The van der Waals surface area contributed by atoms with E-state index in [2.05, 4.69) is 10.2 Å². The molecule has 4 N–H and O–H groups in total. The van der Waals surface area contributed by atoms with Crippen LogP contribution in [0.5, 0.6) is 11.5 Å². The van der Waals surface area contributed by atoms with Gasteiger partial charge in [-0.3, -0.25) is 0 Å². The summed E-state index contributed by atoms with van der Waals surface area (Å²) in [4.78, 5) is 0. The molecule has 0 aromatic heterocycles. The van der Waals surface area contributed by atoms with Crippen molar-refractivity contribution in [1.29, 1.82) is 0 Å². The summed E-state index contributed by atoms with van der Waals surface area (Å²) in [5.74, 6) is 1.06. The van der Waals surface area contributed by atoms with E-state index in [-0.39, 0.29) is 5.96 Å². The first-order valence-electron chi connectivity index (χ1n) is 5.38. The Morgan fingerprint density at radius 3 is 2.83 bits per heavy atom. The van der Waals surface area contributed by atoms with Crippen molar-refractivity contribution in [2.24, 2.45) is 21.7 Å². The van der Waals surface area contributed by atoms with Gasteiger partial charge in [0, 0.05) is 12.0 Å². The molecule has 0 saturated carbocycles. The van der Waals surface area contributed by atoms with Gasteiger partial charge in [0.2, 0.25) is 5.96 Å². The summed E-state index contributed by atoms with van der Waals surface area (Å²) >= 11 is 6.11. The van der Waals surface area contributed by atoms with Gasteiger partial charge in [0.25, 0.3) is 0 Å². The highest BCUT2D eigenvalue weighted by molar-refractivity contribution is 6.32. The van der Waals surface area contributed by atoms with E-state index in [1.807, 2.05) is 0 Å². The summed E-state index contributed by atoms with van der Waals surface area (Å²) in [6.07, 6.45) is 2.31. The highest BCUT2D eigenvalue weighted by atomic mass is 35.5. The lowest BCUT2D eigenvalue weighted by Crippen LogP contribution is -2.21. The third kappa shape index (κ3) is 3.04. The van der Waals surface area contributed by atoms with Crippen molar-refractivity contribution >= 4 is 23.8 Å². The molecule has 0 spiro atoms. The second-order valence-corrected chi connectivity index (χ2v) is 4.06. The zero-order valence-electron chi connectivity index (χ0n) is 9.60. The van der Waals surface area contributed by atoms with Crippen molar-refractivity contribution in [2.75, 3.05) is 13.2 Å². The molecule has 6 nitrogen and oxygen atoms in total. The predicted octanol–water partition coefficient (Wildman–Crippen LogP) is 1.11. The van der Waals surface area contributed by atoms with Crippen LogP contribution in [-0.2, 0) is 0 Å². The molecule has 1 aromatic carbocycles. The molecule has 0 fully saturated rings. The Labute approximate surface area is 109 Å². The number of rotatable bonds is 2. The molecule has 0 unspecified atom stereocenters. The Kier molecular flexibility index (Phi) is 3.88. The molecule has 1 aliphatic heterocycles. The van der Waals surface area contributed by atoms with E-state index in [1.54, 1.807) is 12.1 Å². The van der Waals surface area contributed by atoms with Crippen LogP contribution in [0.3, 0.4) is 0 Å². The number of hydrogen-bond acceptors (Lipinski definition) is 4. The molecule has 1 heterocycles. The fourth-order valence-electron chi connectivity index (χ4n) is 1.49. The molecule has 1 aliphatic rings. The van der Waals surface area contributed by atoms with Crippen molar-refractivity contribution in [1.82, 2.24) is 0 Å². The van der Waals surface area contributed by atoms with E-state index in [9.17, 15) is 0 Å². The summed E-state index contributed by atoms with van der Waals surface area (Å²) < 4.78 is 11.0. The Morgan fingerprint density at radius 1 is 1.28 bits per heavy atom. The summed E-state index contributed by atoms with van der Waals surface area (Å²) in [6.45, 7) is 1.19. The van der Waals surface area contributed by atoms with Crippen LogP contribution in [0, 0.1) is 0 Å². The van der Waals surface area contributed by atoms with E-state index < -0.39 is 0 Å². The largest absolute Gasteiger partial charge is 0.489 e. The van der Waals surface area contributed by atoms with Crippen LogP contribution in [0.4, 0.5) is 0 Å². The van der Waals surface area contributed by atoms with Crippen LogP contribution in [0.25, 0.3) is 0 Å². The molecular formula is C11H13ClN4O2. The Morgan fingerprint density at radius 2 is 2.06 bits per heavy atom. The van der Waals surface area contributed by atoms with Crippen LogP contribution >= 0.6 is 11.6 Å². The summed E-state index contributed by atoms with van der Waals surface area (Å²) in [7, 11) is 0. The van der Waals surface area contributed by atoms with Gasteiger partial charge in [-0.05, 0) is 12.1 Å². The fraction of sp³-hybridized carbons (Fsp3) is 0.273. The molecule has 0 amide bonds. The van der Waals surface area contributed by atoms with Gasteiger partial charge < -0.3 is 20.9 Å². The second kappa shape index (κ2) is 5.59. The molecule has 7 heteroatoms. The zero-order chi connectivity index (χ0) is 13.0. The number of nitrogens with zero attached hydrogens (tertiary/aromatic N) is 2. The predicted molar refractivity (Wildman–Crippen MR) is 70.5 cm³/mol. The van der Waals surface area contributed by atoms with Crippen molar-refractivity contribution < 1.29 is 9.47 Å². The molecule has 0 radical (unpaired) electrons. The Hall–Kier alpha value is -1.95. The maximum atomic E-state index is 6.11. The Bertz CT molecular complexity index is 498. The lowest BCUT2D eigenvalue weighted by molar-refractivity contribution is 0.297. The molecule has 1 aromatic rings. The minimum absolute atomic E-state index is 0.105. The van der Waals surface area contributed by atoms with E-state index in [0.29, 0.717) is 29.7 Å². The highest BCUT2D eigenvalue weighted by Crippen LogP contribution is 2.37. The van der Waals surface area contributed by atoms with E-state index >= 15 is 0 Å². The third-order valence-electron chi connectivity index (χ3n) is 2.20. The molecule has 0 aliphatic carbocycles. The summed E-state index contributed by atoms with van der Waals surface area (Å²) in [6, 6.07) is 3.49. The topological polar surface area (TPSA) is 95.2 Å². The van der Waals surface area contributed by atoms with Gasteiger partial charge >= 0.3 is 0 Å². The molecule has 96 valence electrons. The van der Waals surface area contributed by atoms with Gasteiger partial charge in [-0.15, -0.1) is 5.10 Å². The maximum Gasteiger partial charge on any atom is 0.211 e. The van der Waals surface area contributed by atoms with Gasteiger partial charge in [-0.1, -0.05) is 11.6 Å². The van der Waals surface area contributed by atoms with Crippen LogP contribution in [0.1, 0.15) is 12.0 Å². The second-order valence-electron chi connectivity index (χ2n) is 3.65. The highest BCUT2D eigenvalue weighted by Gasteiger charge is 2.14. The monoisotopic (exact) mass is 268 g/mol. The first-order valence-corrected chi connectivity index (χ1v) is 5.76. The smallest absolute Gasteiger partial charge is 0.211 e. The zero-order valence-corrected chi connectivity index (χ0v) is 10.4. The van der Waals surface area contributed by atoms with Crippen LogP contribution in [0.15, 0.2) is 22.3 Å². The first kappa shape index (κ1) is 12.5. The number of hydrogen-bond donors (Lipinski definition) is 2. The number of benzene rings is 1. The van der Waals surface area contributed by atoms with Crippen molar-refractivity contribution in [3.63, 3.8) is 0 Å². The average molecular weight is 269 g/mol. The van der Waals surface area contributed by atoms with Gasteiger partial charge in [0.15, 0.2) is 11.5 Å². The standard InChI is InChI=1S/C11H13ClN4O2/c12-8-4-7(6-15-16-11(13)14)5-9-10(8)18-3-1-2-17-9/h4-6H,1-3H2,(H4,13,14,16)/b15-6-. The van der Waals surface area contributed by atoms with E-state index in [0.717, 1.165) is 12.0 Å². The number of ether oxygens (including phenoxy) is 2. The quantitative estimate of drug-likeness (QED) is 0.477. The van der Waals surface area contributed by atoms with Crippen molar-refractivity contribution in [3.8, 4) is 11.5 Å². The van der Waals surface area contributed by atoms with Gasteiger partial charge in [0.1, 0.15) is 0 Å². The summed E-state index contributed by atoms with van der Waals surface area (Å²) in [5.41, 5.74) is 11.1. The summed E-state index contributed by atoms with van der Waals surface area (Å²) in [5, 5.41) is 7.69. The number of fused-ring (bicyclic) bond motifs is 1. The van der Waals surface area contributed by atoms with Gasteiger partial charge in [-0.2, -0.15) is 5.10 Å². The lowest BCUT2D eigenvalue weighted by atomic mass is 10.2.